The molecule has 150 valence electrons. The first-order valence-corrected chi connectivity index (χ1v) is 9.09. The Morgan fingerprint density at radius 1 is 1.07 bits per heavy atom. The Morgan fingerprint density at radius 3 is 2.37 bits per heavy atom. The molecule has 1 aromatic carbocycles. The maximum atomic E-state index is 11.9. The monoisotopic (exact) mass is 387 g/mol. The first-order chi connectivity index (χ1) is 12.8. The van der Waals surface area contributed by atoms with Crippen molar-refractivity contribution in [2.75, 3.05) is 19.7 Å². The SMILES string of the molecule is O=C(CCNCCc1ccc(OCC2CCCC2)cc1)OC(=O)C(F)(F)F. The zero-order valence-corrected chi connectivity index (χ0v) is 15.0. The highest BCUT2D eigenvalue weighted by molar-refractivity contribution is 5.88. The Balaban J connectivity index is 1.57. The van der Waals surface area contributed by atoms with Gasteiger partial charge in [-0.3, -0.25) is 4.79 Å². The third-order valence-corrected chi connectivity index (χ3v) is 4.42. The molecule has 1 N–H and O–H groups in total. The van der Waals surface area contributed by atoms with E-state index in [1.807, 2.05) is 24.3 Å². The van der Waals surface area contributed by atoms with Crippen molar-refractivity contribution in [2.45, 2.75) is 44.7 Å². The number of carbonyl (C=O) groups is 2. The normalized spacial score (nSPS) is 14.9. The summed E-state index contributed by atoms with van der Waals surface area (Å²) < 4.78 is 45.3. The molecule has 0 unspecified atom stereocenters. The molecule has 5 nitrogen and oxygen atoms in total. The largest absolute Gasteiger partial charge is 0.493 e. The number of halogens is 3. The Hall–Kier alpha value is -2.09. The number of ether oxygens (including phenoxy) is 2. The zero-order chi connectivity index (χ0) is 19.7. The summed E-state index contributed by atoms with van der Waals surface area (Å²) >= 11 is 0. The summed E-state index contributed by atoms with van der Waals surface area (Å²) in [7, 11) is 0. The minimum Gasteiger partial charge on any atom is -0.493 e. The second-order valence-corrected chi connectivity index (χ2v) is 6.61. The van der Waals surface area contributed by atoms with Crippen molar-refractivity contribution in [1.82, 2.24) is 5.32 Å². The first kappa shape index (κ1) is 21.2. The van der Waals surface area contributed by atoms with Crippen LogP contribution < -0.4 is 10.1 Å². The molecule has 1 fully saturated rings. The van der Waals surface area contributed by atoms with Gasteiger partial charge in [0, 0.05) is 6.54 Å². The molecule has 1 aliphatic rings. The maximum Gasteiger partial charge on any atom is 0.491 e. The second kappa shape index (κ2) is 10.3. The molecule has 1 aliphatic carbocycles. The van der Waals surface area contributed by atoms with Gasteiger partial charge in [0.25, 0.3) is 0 Å². The van der Waals surface area contributed by atoms with E-state index in [2.05, 4.69) is 10.1 Å². The fourth-order valence-corrected chi connectivity index (χ4v) is 2.90. The highest BCUT2D eigenvalue weighted by atomic mass is 19.4. The van der Waals surface area contributed by atoms with Crippen LogP contribution in [0.1, 0.15) is 37.7 Å². The van der Waals surface area contributed by atoms with Gasteiger partial charge in [0.2, 0.25) is 0 Å². The average Bonchev–Trinajstić information content (AvgIpc) is 3.13. The predicted molar refractivity (Wildman–Crippen MR) is 92.2 cm³/mol. The van der Waals surface area contributed by atoms with Crippen molar-refractivity contribution in [2.24, 2.45) is 5.92 Å². The summed E-state index contributed by atoms with van der Waals surface area (Å²) in [5.74, 6) is -2.18. The van der Waals surface area contributed by atoms with Crippen molar-refractivity contribution in [3.05, 3.63) is 29.8 Å². The van der Waals surface area contributed by atoms with Crippen LogP contribution in [0.3, 0.4) is 0 Å². The number of benzene rings is 1. The van der Waals surface area contributed by atoms with Crippen LogP contribution in [0, 0.1) is 5.92 Å². The lowest BCUT2D eigenvalue weighted by Gasteiger charge is -2.11. The Morgan fingerprint density at radius 2 is 1.74 bits per heavy atom. The molecule has 8 heteroatoms. The van der Waals surface area contributed by atoms with Crippen LogP contribution in [0.5, 0.6) is 5.75 Å². The summed E-state index contributed by atoms with van der Waals surface area (Å²) in [6.45, 7) is 1.43. The highest BCUT2D eigenvalue weighted by Gasteiger charge is 2.42. The number of rotatable bonds is 9. The van der Waals surface area contributed by atoms with Crippen molar-refractivity contribution in [3.8, 4) is 5.75 Å². The standard InChI is InChI=1S/C19H24F3NO4/c20-19(21,22)18(25)27-17(24)10-12-23-11-9-14-5-7-16(8-6-14)26-13-15-3-1-2-4-15/h5-8,15,23H,1-4,9-13H2. The molecule has 0 saturated heterocycles. The van der Waals surface area contributed by atoms with Crippen LogP contribution in [0.25, 0.3) is 0 Å². The number of hydrogen-bond acceptors (Lipinski definition) is 5. The molecule has 1 saturated carbocycles. The number of hydrogen-bond donors (Lipinski definition) is 1. The van der Waals surface area contributed by atoms with Gasteiger partial charge in [-0.1, -0.05) is 25.0 Å². The summed E-state index contributed by atoms with van der Waals surface area (Å²) in [5, 5.41) is 2.93. The van der Waals surface area contributed by atoms with Crippen LogP contribution >= 0.6 is 0 Å². The van der Waals surface area contributed by atoms with E-state index in [1.54, 1.807) is 0 Å². The molecule has 0 spiro atoms. The summed E-state index contributed by atoms with van der Waals surface area (Å²) in [4.78, 5) is 21.6. The molecular formula is C19H24F3NO4. The third-order valence-electron chi connectivity index (χ3n) is 4.42. The van der Waals surface area contributed by atoms with Gasteiger partial charge < -0.3 is 14.8 Å². The molecule has 0 heterocycles. The van der Waals surface area contributed by atoms with Crippen LogP contribution in [0.15, 0.2) is 24.3 Å². The summed E-state index contributed by atoms with van der Waals surface area (Å²) in [6, 6.07) is 7.76. The van der Waals surface area contributed by atoms with Gasteiger partial charge in [-0.15, -0.1) is 0 Å². The van der Waals surface area contributed by atoms with Gasteiger partial charge in [-0.25, -0.2) is 4.79 Å². The van der Waals surface area contributed by atoms with E-state index in [4.69, 9.17) is 4.74 Å². The van der Waals surface area contributed by atoms with E-state index >= 15 is 0 Å². The molecule has 0 amide bonds. The van der Waals surface area contributed by atoms with Crippen LogP contribution in [0.2, 0.25) is 0 Å². The fourth-order valence-electron chi connectivity index (χ4n) is 2.90. The molecular weight excluding hydrogens is 363 g/mol. The van der Waals surface area contributed by atoms with Crippen molar-refractivity contribution in [1.29, 1.82) is 0 Å². The van der Waals surface area contributed by atoms with Gasteiger partial charge in [0.05, 0.1) is 13.0 Å². The molecule has 0 radical (unpaired) electrons. The molecule has 27 heavy (non-hydrogen) atoms. The highest BCUT2D eigenvalue weighted by Crippen LogP contribution is 2.25. The molecule has 1 aromatic rings. The van der Waals surface area contributed by atoms with Crippen molar-refractivity contribution < 1.29 is 32.2 Å². The van der Waals surface area contributed by atoms with Crippen molar-refractivity contribution >= 4 is 11.9 Å². The lowest BCUT2D eigenvalue weighted by atomic mass is 10.1. The topological polar surface area (TPSA) is 64.6 Å². The second-order valence-electron chi connectivity index (χ2n) is 6.61. The molecule has 0 aromatic heterocycles. The van der Waals surface area contributed by atoms with Gasteiger partial charge in [-0.05, 0) is 49.4 Å². The van der Waals surface area contributed by atoms with E-state index in [1.165, 1.54) is 25.7 Å². The van der Waals surface area contributed by atoms with Crippen LogP contribution in [-0.4, -0.2) is 37.8 Å². The first-order valence-electron chi connectivity index (χ1n) is 9.09. The van der Waals surface area contributed by atoms with Crippen LogP contribution in [-0.2, 0) is 20.7 Å². The number of alkyl halides is 3. The minimum absolute atomic E-state index is 0.132. The van der Waals surface area contributed by atoms with E-state index in [0.717, 1.165) is 17.9 Å². The van der Waals surface area contributed by atoms with E-state index in [0.29, 0.717) is 18.9 Å². The lowest BCUT2D eigenvalue weighted by Crippen LogP contribution is -2.29. The third kappa shape index (κ3) is 7.99. The summed E-state index contributed by atoms with van der Waals surface area (Å²) in [5.41, 5.74) is 1.07. The number of nitrogens with one attached hydrogen (secondary N) is 1. The minimum atomic E-state index is -5.16. The van der Waals surface area contributed by atoms with E-state index in [-0.39, 0.29) is 13.0 Å². The van der Waals surface area contributed by atoms with Gasteiger partial charge in [-0.2, -0.15) is 13.2 Å². The predicted octanol–water partition coefficient (Wildman–Crippen LogP) is 3.41. The average molecular weight is 387 g/mol. The van der Waals surface area contributed by atoms with E-state index in [9.17, 15) is 22.8 Å². The van der Waals surface area contributed by atoms with Gasteiger partial charge in [0.15, 0.2) is 0 Å². The Labute approximate surface area is 156 Å². The Bertz CT molecular complexity index is 610. The van der Waals surface area contributed by atoms with Gasteiger partial charge in [0.1, 0.15) is 5.75 Å². The number of esters is 2. The molecule has 0 aliphatic heterocycles. The Kier molecular flexibility index (Phi) is 8.09. The summed E-state index contributed by atoms with van der Waals surface area (Å²) in [6.07, 6.45) is 0.279. The molecule has 0 atom stereocenters. The molecule has 0 bridgehead atoms. The maximum absolute atomic E-state index is 11.9. The van der Waals surface area contributed by atoms with E-state index < -0.39 is 18.1 Å². The van der Waals surface area contributed by atoms with Crippen LogP contribution in [0.4, 0.5) is 13.2 Å². The number of carbonyl (C=O) groups excluding carboxylic acids is 2. The lowest BCUT2D eigenvalue weighted by molar-refractivity contribution is -0.201. The zero-order valence-electron chi connectivity index (χ0n) is 15.0. The van der Waals surface area contributed by atoms with Crippen molar-refractivity contribution in [3.63, 3.8) is 0 Å². The fraction of sp³-hybridized carbons (Fsp3) is 0.579. The van der Waals surface area contributed by atoms with Gasteiger partial charge >= 0.3 is 18.1 Å². The molecule has 2 rings (SSSR count). The quantitative estimate of drug-likeness (QED) is 0.400. The smallest absolute Gasteiger partial charge is 0.491 e.